The summed E-state index contributed by atoms with van der Waals surface area (Å²) in [6.45, 7) is 1.58. The Morgan fingerprint density at radius 1 is 1.15 bits per heavy atom. The van der Waals surface area contributed by atoms with E-state index in [0.717, 1.165) is 0 Å². The predicted molar refractivity (Wildman–Crippen MR) is 106 cm³/mol. The first-order chi connectivity index (χ1) is 12.9. The maximum absolute atomic E-state index is 12.6. The molecule has 0 fully saturated rings. The molecule has 0 radical (unpaired) electrons. The molecule has 1 aromatic heterocycles. The van der Waals surface area contributed by atoms with Gasteiger partial charge in [-0.15, -0.1) is 0 Å². The summed E-state index contributed by atoms with van der Waals surface area (Å²) in [6.07, 6.45) is 1.66. The molecule has 2 aromatic carbocycles. The third-order valence-corrected chi connectivity index (χ3v) is 4.48. The summed E-state index contributed by atoms with van der Waals surface area (Å²) >= 11 is 12.0. The van der Waals surface area contributed by atoms with Gasteiger partial charge in [-0.05, 0) is 36.4 Å². The highest BCUT2D eigenvalue weighted by atomic mass is 35.5. The summed E-state index contributed by atoms with van der Waals surface area (Å²) in [7, 11) is 0. The van der Waals surface area contributed by atoms with Crippen molar-refractivity contribution < 1.29 is 9.59 Å². The highest BCUT2D eigenvalue weighted by molar-refractivity contribution is 6.38. The number of amides is 1. The van der Waals surface area contributed by atoms with Crippen LogP contribution in [0.1, 0.15) is 23.7 Å². The second-order valence-electron chi connectivity index (χ2n) is 5.86. The smallest absolute Gasteiger partial charge is 0.261 e. The van der Waals surface area contributed by atoms with E-state index in [1.807, 2.05) is 0 Å². The van der Waals surface area contributed by atoms with Gasteiger partial charge in [0.25, 0.3) is 5.56 Å². The normalized spacial score (nSPS) is 10.8. The van der Waals surface area contributed by atoms with Gasteiger partial charge >= 0.3 is 0 Å². The summed E-state index contributed by atoms with van der Waals surface area (Å²) in [6, 6.07) is 9.46. The largest absolute Gasteiger partial charge is 0.326 e. The topological polar surface area (TPSA) is 81.1 Å². The number of hydrogen-bond donors (Lipinski definition) is 1. The molecular weight excluding hydrogens is 389 g/mol. The Bertz CT molecular complexity index is 1090. The molecule has 3 aromatic rings. The molecule has 8 heteroatoms. The predicted octanol–water partition coefficient (Wildman–Crippen LogP) is 3.93. The Morgan fingerprint density at radius 2 is 1.85 bits per heavy atom. The lowest BCUT2D eigenvalue weighted by Gasteiger charge is -2.08. The van der Waals surface area contributed by atoms with Gasteiger partial charge in [-0.1, -0.05) is 30.1 Å². The standard InChI is InChI=1S/C19H15Cl2N3O3/c1-2-17(26)23-13-5-3-11(4-6-13)16(25)9-24-10-22-18-14(19(24)27)7-12(20)8-15(18)21/h3-8,10H,2,9H2,1H3,(H,23,26). The van der Waals surface area contributed by atoms with Crippen LogP contribution in [0.4, 0.5) is 5.69 Å². The number of aromatic nitrogens is 2. The molecule has 0 aliphatic heterocycles. The molecule has 0 saturated carbocycles. The van der Waals surface area contributed by atoms with Gasteiger partial charge in [-0.2, -0.15) is 0 Å². The second-order valence-corrected chi connectivity index (χ2v) is 6.71. The first kappa shape index (κ1) is 19.1. The van der Waals surface area contributed by atoms with E-state index in [9.17, 15) is 14.4 Å². The molecule has 1 N–H and O–H groups in total. The Morgan fingerprint density at radius 3 is 2.52 bits per heavy atom. The highest BCUT2D eigenvalue weighted by Crippen LogP contribution is 2.24. The number of fused-ring (bicyclic) bond motifs is 1. The molecule has 1 heterocycles. The van der Waals surface area contributed by atoms with Crippen molar-refractivity contribution in [1.29, 1.82) is 0 Å². The number of nitrogens with zero attached hydrogens (tertiary/aromatic N) is 2. The molecule has 6 nitrogen and oxygen atoms in total. The third kappa shape index (κ3) is 4.18. The lowest BCUT2D eigenvalue weighted by Crippen LogP contribution is -2.24. The van der Waals surface area contributed by atoms with Crippen molar-refractivity contribution >= 4 is 51.5 Å². The van der Waals surface area contributed by atoms with E-state index in [0.29, 0.717) is 28.2 Å². The van der Waals surface area contributed by atoms with Crippen LogP contribution in [0.25, 0.3) is 10.9 Å². The summed E-state index contributed by atoms with van der Waals surface area (Å²) in [5.74, 6) is -0.375. The minimum Gasteiger partial charge on any atom is -0.326 e. The molecule has 0 unspecified atom stereocenters. The van der Waals surface area contributed by atoms with Crippen molar-refractivity contribution in [2.75, 3.05) is 5.32 Å². The van der Waals surface area contributed by atoms with Gasteiger partial charge in [0, 0.05) is 22.7 Å². The minimum absolute atomic E-state index is 0.111. The van der Waals surface area contributed by atoms with E-state index in [1.165, 1.54) is 23.0 Å². The van der Waals surface area contributed by atoms with Crippen LogP contribution in [0, 0.1) is 0 Å². The minimum atomic E-state index is -0.399. The number of Topliss-reactive ketones (excluding diaryl/α,β-unsaturated/α-hetero) is 1. The number of benzene rings is 2. The lowest BCUT2D eigenvalue weighted by molar-refractivity contribution is -0.115. The van der Waals surface area contributed by atoms with Crippen LogP contribution in [-0.2, 0) is 11.3 Å². The summed E-state index contributed by atoms with van der Waals surface area (Å²) < 4.78 is 1.21. The number of carbonyl (C=O) groups is 2. The number of ketones is 1. The maximum Gasteiger partial charge on any atom is 0.261 e. The van der Waals surface area contributed by atoms with Crippen LogP contribution in [0.5, 0.6) is 0 Å². The lowest BCUT2D eigenvalue weighted by atomic mass is 10.1. The maximum atomic E-state index is 12.6. The fraction of sp³-hybridized carbons (Fsp3) is 0.158. The van der Waals surface area contributed by atoms with Crippen LogP contribution in [0.3, 0.4) is 0 Å². The summed E-state index contributed by atoms with van der Waals surface area (Å²) in [5, 5.41) is 3.55. The van der Waals surface area contributed by atoms with Gasteiger partial charge in [0.2, 0.25) is 5.91 Å². The van der Waals surface area contributed by atoms with Crippen LogP contribution >= 0.6 is 23.2 Å². The molecule has 0 saturated heterocycles. The number of rotatable bonds is 5. The van der Waals surface area contributed by atoms with Crippen molar-refractivity contribution in [2.45, 2.75) is 19.9 Å². The quantitative estimate of drug-likeness (QED) is 0.654. The Labute approximate surface area is 164 Å². The van der Waals surface area contributed by atoms with Crippen LogP contribution in [0.2, 0.25) is 10.0 Å². The number of halogens is 2. The van der Waals surface area contributed by atoms with Crippen molar-refractivity contribution in [3.63, 3.8) is 0 Å². The van der Waals surface area contributed by atoms with Crippen molar-refractivity contribution in [3.05, 3.63) is 68.7 Å². The molecule has 1 amide bonds. The molecular formula is C19H15Cl2N3O3. The van der Waals surface area contributed by atoms with E-state index < -0.39 is 5.56 Å². The Balaban J connectivity index is 1.85. The van der Waals surface area contributed by atoms with Gasteiger partial charge in [-0.3, -0.25) is 19.0 Å². The highest BCUT2D eigenvalue weighted by Gasteiger charge is 2.13. The summed E-state index contributed by atoms with van der Waals surface area (Å²) in [5.41, 5.74) is 0.961. The van der Waals surface area contributed by atoms with Gasteiger partial charge in [-0.25, -0.2) is 4.98 Å². The average molecular weight is 404 g/mol. The fourth-order valence-corrected chi connectivity index (χ4v) is 3.08. The Kier molecular flexibility index (Phi) is 5.58. The van der Waals surface area contributed by atoms with Gasteiger partial charge in [0.1, 0.15) is 0 Å². The van der Waals surface area contributed by atoms with Gasteiger partial charge < -0.3 is 5.32 Å². The van der Waals surface area contributed by atoms with Crippen LogP contribution < -0.4 is 10.9 Å². The van der Waals surface area contributed by atoms with Crippen molar-refractivity contribution in [1.82, 2.24) is 9.55 Å². The van der Waals surface area contributed by atoms with Gasteiger partial charge in [0.15, 0.2) is 5.78 Å². The zero-order valence-corrected chi connectivity index (χ0v) is 15.8. The zero-order chi connectivity index (χ0) is 19.6. The van der Waals surface area contributed by atoms with Crippen molar-refractivity contribution in [2.24, 2.45) is 0 Å². The molecule has 0 aliphatic carbocycles. The molecule has 0 atom stereocenters. The number of anilines is 1. The SMILES string of the molecule is CCC(=O)Nc1ccc(C(=O)Cn2cnc3c(Cl)cc(Cl)cc3c2=O)cc1. The van der Waals surface area contributed by atoms with E-state index in [2.05, 4.69) is 10.3 Å². The molecule has 0 spiro atoms. The number of carbonyl (C=O) groups excluding carboxylic acids is 2. The van der Waals surface area contributed by atoms with Crippen molar-refractivity contribution in [3.8, 4) is 0 Å². The fourth-order valence-electron chi connectivity index (χ4n) is 2.54. The van der Waals surface area contributed by atoms with E-state index in [1.54, 1.807) is 31.2 Å². The van der Waals surface area contributed by atoms with Gasteiger partial charge in [0.05, 0.1) is 28.8 Å². The zero-order valence-electron chi connectivity index (χ0n) is 14.3. The molecule has 27 heavy (non-hydrogen) atoms. The van der Waals surface area contributed by atoms with Crippen LogP contribution in [-0.4, -0.2) is 21.2 Å². The molecule has 0 bridgehead atoms. The number of hydrogen-bond acceptors (Lipinski definition) is 4. The third-order valence-electron chi connectivity index (χ3n) is 3.97. The van der Waals surface area contributed by atoms with Crippen LogP contribution in [0.15, 0.2) is 47.5 Å². The Hall–Kier alpha value is -2.70. The van der Waals surface area contributed by atoms with E-state index in [4.69, 9.17) is 23.2 Å². The van der Waals surface area contributed by atoms with E-state index >= 15 is 0 Å². The first-order valence-electron chi connectivity index (χ1n) is 8.16. The molecule has 138 valence electrons. The molecule has 3 rings (SSSR count). The second kappa shape index (κ2) is 7.90. The monoisotopic (exact) mass is 403 g/mol. The average Bonchev–Trinajstić information content (AvgIpc) is 2.64. The summed E-state index contributed by atoms with van der Waals surface area (Å²) in [4.78, 5) is 40.7. The number of nitrogens with one attached hydrogen (secondary N) is 1. The first-order valence-corrected chi connectivity index (χ1v) is 8.92. The molecule has 0 aliphatic rings. The van der Waals surface area contributed by atoms with E-state index in [-0.39, 0.29) is 28.6 Å².